The maximum Gasteiger partial charge on any atom is 0.417 e. The average molecular weight is 250 g/mol. The lowest BCUT2D eigenvalue weighted by molar-refractivity contribution is -0.275. The van der Waals surface area contributed by atoms with E-state index in [-0.39, 0.29) is 18.9 Å². The van der Waals surface area contributed by atoms with Crippen LogP contribution in [0.15, 0.2) is 0 Å². The molecule has 0 aromatic rings. The third kappa shape index (κ3) is 2.90. The summed E-state index contributed by atoms with van der Waals surface area (Å²) in [7, 11) is 0. The summed E-state index contributed by atoms with van der Waals surface area (Å²) < 4.78 is 37.9. The van der Waals surface area contributed by atoms with Crippen LogP contribution in [0, 0.1) is 17.2 Å². The maximum atomic E-state index is 12.6. The zero-order valence-corrected chi connectivity index (χ0v) is 9.96. The minimum atomic E-state index is -4.60. The molecule has 0 unspecified atom stereocenters. The van der Waals surface area contributed by atoms with Crippen molar-refractivity contribution in [2.24, 2.45) is 5.92 Å². The number of rotatable bonds is 2. The molecule has 6 heteroatoms. The summed E-state index contributed by atoms with van der Waals surface area (Å²) in [6.07, 6.45) is -4.07. The summed E-state index contributed by atoms with van der Waals surface area (Å²) in [5.41, 5.74) is -2.63. The van der Waals surface area contributed by atoms with E-state index in [1.54, 1.807) is 6.92 Å². The van der Waals surface area contributed by atoms with Crippen molar-refractivity contribution in [3.63, 3.8) is 0 Å². The second-order valence-electron chi connectivity index (χ2n) is 4.76. The fourth-order valence-corrected chi connectivity index (χ4v) is 2.16. The van der Waals surface area contributed by atoms with Crippen molar-refractivity contribution in [3.05, 3.63) is 0 Å². The van der Waals surface area contributed by atoms with Crippen LogP contribution < -0.4 is 0 Å². The predicted molar refractivity (Wildman–Crippen MR) is 56.1 cm³/mol. The van der Waals surface area contributed by atoms with Crippen LogP contribution in [0.2, 0.25) is 0 Å². The van der Waals surface area contributed by atoms with Crippen molar-refractivity contribution < 1.29 is 18.3 Å². The van der Waals surface area contributed by atoms with Crippen molar-refractivity contribution in [1.29, 1.82) is 5.26 Å². The summed E-state index contributed by atoms with van der Waals surface area (Å²) in [5, 5.41) is 18.3. The van der Waals surface area contributed by atoms with Gasteiger partial charge in [-0.2, -0.15) is 18.4 Å². The highest BCUT2D eigenvalue weighted by Gasteiger charge is 2.55. The summed E-state index contributed by atoms with van der Waals surface area (Å²) >= 11 is 0. The smallest absolute Gasteiger partial charge is 0.380 e. The second kappa shape index (κ2) is 4.83. The molecule has 1 aliphatic heterocycles. The molecule has 1 heterocycles. The van der Waals surface area contributed by atoms with Gasteiger partial charge in [-0.1, -0.05) is 0 Å². The molecule has 17 heavy (non-hydrogen) atoms. The van der Waals surface area contributed by atoms with Crippen LogP contribution in [0.1, 0.15) is 26.7 Å². The number of hydrogen-bond acceptors (Lipinski definition) is 3. The number of nitrogens with zero attached hydrogens (tertiary/aromatic N) is 2. The third-order valence-electron chi connectivity index (χ3n) is 3.63. The fraction of sp³-hybridized carbons (Fsp3) is 0.909. The molecule has 0 amide bonds. The Morgan fingerprint density at radius 1 is 1.35 bits per heavy atom. The standard InChI is InChI=1S/C11H17F3N2O/c1-8(7-15)16-5-3-9(4-6-16)10(2,17)11(12,13)14/h8-9,17H,3-6H2,1-2H3/t8-,10-/m1/s1. The lowest BCUT2D eigenvalue weighted by atomic mass is 9.81. The van der Waals surface area contributed by atoms with Crippen LogP contribution in [0.3, 0.4) is 0 Å². The average Bonchev–Trinajstić information content (AvgIpc) is 2.26. The minimum Gasteiger partial charge on any atom is -0.380 e. The quantitative estimate of drug-likeness (QED) is 0.814. The van der Waals surface area contributed by atoms with Gasteiger partial charge in [-0.3, -0.25) is 4.90 Å². The van der Waals surface area contributed by atoms with Crippen LogP contribution in [0.4, 0.5) is 13.2 Å². The Morgan fingerprint density at radius 2 is 1.82 bits per heavy atom. The molecule has 0 bridgehead atoms. The Kier molecular flexibility index (Phi) is 4.05. The highest BCUT2D eigenvalue weighted by atomic mass is 19.4. The van der Waals surface area contributed by atoms with Gasteiger partial charge in [0.25, 0.3) is 0 Å². The molecule has 0 radical (unpaired) electrons. The molecule has 0 aromatic heterocycles. The number of nitriles is 1. The van der Waals surface area contributed by atoms with Crippen molar-refractivity contribution in [2.45, 2.75) is 44.5 Å². The summed E-state index contributed by atoms with van der Waals surface area (Å²) in [5.74, 6) is -0.787. The topological polar surface area (TPSA) is 47.3 Å². The fourth-order valence-electron chi connectivity index (χ4n) is 2.16. The maximum absolute atomic E-state index is 12.6. The molecule has 3 nitrogen and oxygen atoms in total. The van der Waals surface area contributed by atoms with Gasteiger partial charge in [-0.05, 0) is 45.7 Å². The van der Waals surface area contributed by atoms with Crippen LogP contribution >= 0.6 is 0 Å². The minimum absolute atomic E-state index is 0.262. The first-order valence-electron chi connectivity index (χ1n) is 5.63. The summed E-state index contributed by atoms with van der Waals surface area (Å²) in [6.45, 7) is 3.40. The number of halogens is 3. The zero-order valence-electron chi connectivity index (χ0n) is 9.96. The third-order valence-corrected chi connectivity index (χ3v) is 3.63. The number of hydrogen-bond donors (Lipinski definition) is 1. The van der Waals surface area contributed by atoms with Gasteiger partial charge in [0, 0.05) is 0 Å². The van der Waals surface area contributed by atoms with Gasteiger partial charge in [-0.15, -0.1) is 0 Å². The summed E-state index contributed by atoms with van der Waals surface area (Å²) in [4.78, 5) is 1.84. The Hall–Kier alpha value is -0.800. The second-order valence-corrected chi connectivity index (χ2v) is 4.76. The first-order valence-corrected chi connectivity index (χ1v) is 5.63. The van der Waals surface area contributed by atoms with E-state index in [9.17, 15) is 18.3 Å². The van der Waals surface area contributed by atoms with E-state index in [0.29, 0.717) is 13.1 Å². The molecule has 2 atom stereocenters. The van der Waals surface area contributed by atoms with Crippen molar-refractivity contribution in [3.8, 4) is 6.07 Å². The van der Waals surface area contributed by atoms with E-state index < -0.39 is 17.7 Å². The largest absolute Gasteiger partial charge is 0.417 e. The molecule has 1 rings (SSSR count). The molecule has 0 aromatic carbocycles. The van der Waals surface area contributed by atoms with Gasteiger partial charge >= 0.3 is 6.18 Å². The number of piperidine rings is 1. The Morgan fingerprint density at radius 3 is 2.18 bits per heavy atom. The lowest BCUT2D eigenvalue weighted by Gasteiger charge is -2.40. The first-order chi connectivity index (χ1) is 7.70. The first kappa shape index (κ1) is 14.3. The number of aliphatic hydroxyl groups is 1. The Balaban J connectivity index is 2.62. The van der Waals surface area contributed by atoms with Gasteiger partial charge in [0.05, 0.1) is 12.1 Å². The molecule has 98 valence electrons. The van der Waals surface area contributed by atoms with Gasteiger partial charge < -0.3 is 5.11 Å². The zero-order chi connectivity index (χ0) is 13.3. The van der Waals surface area contributed by atoms with Gasteiger partial charge in [-0.25, -0.2) is 0 Å². The van der Waals surface area contributed by atoms with E-state index in [1.165, 1.54) is 0 Å². The normalized spacial score (nSPS) is 25.0. The van der Waals surface area contributed by atoms with Crippen LogP contribution in [0.5, 0.6) is 0 Å². The number of likely N-dealkylation sites (tertiary alicyclic amines) is 1. The van der Waals surface area contributed by atoms with E-state index in [2.05, 4.69) is 6.07 Å². The lowest BCUT2D eigenvalue weighted by Crippen LogP contribution is -2.53. The molecular weight excluding hydrogens is 233 g/mol. The Bertz CT molecular complexity index is 301. The molecule has 1 N–H and O–H groups in total. The van der Waals surface area contributed by atoms with Crippen molar-refractivity contribution >= 4 is 0 Å². The monoisotopic (exact) mass is 250 g/mol. The van der Waals surface area contributed by atoms with E-state index in [1.807, 2.05) is 4.90 Å². The van der Waals surface area contributed by atoms with Gasteiger partial charge in [0.2, 0.25) is 0 Å². The molecule has 1 saturated heterocycles. The Labute approximate surface area is 98.8 Å². The molecule has 0 saturated carbocycles. The van der Waals surface area contributed by atoms with Crippen LogP contribution in [0.25, 0.3) is 0 Å². The number of alkyl halides is 3. The molecule has 1 aliphatic rings. The van der Waals surface area contributed by atoms with E-state index in [4.69, 9.17) is 5.26 Å². The van der Waals surface area contributed by atoms with E-state index >= 15 is 0 Å². The van der Waals surface area contributed by atoms with Gasteiger partial charge in [0.1, 0.15) is 0 Å². The summed E-state index contributed by atoms with van der Waals surface area (Å²) in [6, 6.07) is 1.77. The highest BCUT2D eigenvalue weighted by Crippen LogP contribution is 2.40. The van der Waals surface area contributed by atoms with Crippen molar-refractivity contribution in [1.82, 2.24) is 4.90 Å². The van der Waals surface area contributed by atoms with Crippen LogP contribution in [-0.2, 0) is 0 Å². The highest BCUT2D eigenvalue weighted by molar-refractivity contribution is 4.95. The van der Waals surface area contributed by atoms with Crippen LogP contribution in [-0.4, -0.2) is 40.9 Å². The SMILES string of the molecule is C[C@H](C#N)N1CCC([C@@](C)(O)C(F)(F)F)CC1. The van der Waals surface area contributed by atoms with E-state index in [0.717, 1.165) is 6.92 Å². The molecule has 1 fully saturated rings. The molecular formula is C11H17F3N2O. The predicted octanol–water partition coefficient (Wildman–Crippen LogP) is 1.92. The molecule has 0 spiro atoms. The van der Waals surface area contributed by atoms with Crippen molar-refractivity contribution in [2.75, 3.05) is 13.1 Å². The van der Waals surface area contributed by atoms with Gasteiger partial charge in [0.15, 0.2) is 5.60 Å². The molecule has 0 aliphatic carbocycles.